The number of nitrogens with one attached hydrogen (secondary N) is 1. The van der Waals surface area contributed by atoms with E-state index in [2.05, 4.69) is 0 Å². The van der Waals surface area contributed by atoms with Crippen LogP contribution in [0.2, 0.25) is 0 Å². The maximum Gasteiger partial charge on any atom is 4.00 e. The van der Waals surface area contributed by atoms with Gasteiger partial charge in [0.15, 0.2) is 0 Å². The predicted octanol–water partition coefficient (Wildman–Crippen LogP) is 5.46. The molecule has 0 unspecified atom stereocenters. The zero-order valence-electron chi connectivity index (χ0n) is 27.9. The van der Waals surface area contributed by atoms with E-state index in [1.165, 1.54) is 0 Å². The van der Waals surface area contributed by atoms with Crippen LogP contribution in [0.3, 0.4) is 0 Å². The topological polar surface area (TPSA) is 235 Å². The molecule has 2 aromatic heterocycles. The van der Waals surface area contributed by atoms with Crippen LogP contribution in [0.4, 0.5) is 0 Å². The summed E-state index contributed by atoms with van der Waals surface area (Å²) in [6.45, 7) is 7.27. The fourth-order valence-electron chi connectivity index (χ4n) is 5.40. The van der Waals surface area contributed by atoms with Crippen LogP contribution in [-0.4, -0.2) is 44.3 Å². The van der Waals surface area contributed by atoms with Crippen LogP contribution in [-0.2, 0) is 49.1 Å². The van der Waals surface area contributed by atoms with Crippen molar-refractivity contribution < 1.29 is 56.7 Å². The van der Waals surface area contributed by atoms with E-state index < -0.39 is 23.9 Å². The number of allylic oxidation sites excluding steroid dienone is 8. The summed E-state index contributed by atoms with van der Waals surface area (Å²) in [7, 11) is 0. The van der Waals surface area contributed by atoms with Gasteiger partial charge in [0.2, 0.25) is 0 Å². The van der Waals surface area contributed by atoms with Gasteiger partial charge in [0.05, 0.1) is 0 Å². The number of carboxylic acid groups (broad SMARTS) is 4. The number of hydrogen-bond donors (Lipinski definition) is 4. The number of nitrogens with zero attached hydrogens (tertiary/aromatic N) is 2. The summed E-state index contributed by atoms with van der Waals surface area (Å²) in [5.41, 5.74) is 15.5. The normalized spacial score (nSPS) is 20.0. The van der Waals surface area contributed by atoms with Crippen molar-refractivity contribution in [1.82, 2.24) is 9.97 Å². The molecular formula is C36H42FeN4O8. The number of fused-ring (bicyclic) bond motifs is 4. The van der Waals surface area contributed by atoms with Crippen molar-refractivity contribution in [1.29, 1.82) is 0 Å². The van der Waals surface area contributed by atoms with Crippen LogP contribution >= 0.6 is 0 Å². The molecule has 0 atom stereocenters. The smallest absolute Gasteiger partial charge is 0.699 e. The molecule has 13 heteroatoms. The molecule has 3 heterocycles. The van der Waals surface area contributed by atoms with E-state index in [1.807, 2.05) is 19.9 Å². The Kier molecular flexibility index (Phi) is 16.6. The van der Waals surface area contributed by atoms with Gasteiger partial charge in [-0.15, -0.1) is 27.8 Å². The third kappa shape index (κ3) is 12.0. The molecule has 12 nitrogen and oxygen atoms in total. The minimum Gasteiger partial charge on any atom is -0.699 e. The Bertz CT molecular complexity index is 1850. The number of carboxylic acids is 4. The minimum atomic E-state index is -1.00. The zero-order chi connectivity index (χ0) is 34.8. The van der Waals surface area contributed by atoms with E-state index in [4.69, 9.17) is 15.7 Å². The fraction of sp³-hybridized carbons (Fsp3) is 0.333. The van der Waals surface area contributed by atoms with Crippen LogP contribution in [0.5, 0.6) is 0 Å². The Morgan fingerprint density at radius 3 is 1.80 bits per heavy atom. The minimum absolute atomic E-state index is 0. The SMILES string of the molecule is CC1=C/C=C/C(C)=C(CCC(=O)O)\C([NH-])=C\c2[n-]c(c(CCC(=O)O)c2C)/C=c2\[n-]/c(c(CCC(=O)O)c2C)=C\C=C\1CCC(=O)O.[Fe+4].[NH2-]. The van der Waals surface area contributed by atoms with Crippen LogP contribution in [0.25, 0.3) is 30.1 Å². The zero-order valence-corrected chi connectivity index (χ0v) is 29.0. The average Bonchev–Trinajstić information content (AvgIpc) is 3.43. The van der Waals surface area contributed by atoms with Crippen molar-refractivity contribution >= 4 is 42.1 Å². The molecule has 3 rings (SSSR count). The van der Waals surface area contributed by atoms with Gasteiger partial charge in [0.1, 0.15) is 0 Å². The standard InChI is InChI=1S/C36H40N3O8.Fe.H2N/c1-20-6-5-7-21(2)25(10-15-34(42)43)28(37)18-30-23(4)27(12-17-36(46)47)32(39-30)19-31-22(3)26(11-16-35(44)45)29(38-31)13-8-24(20)9-14-33(40)41;;/h5-8,13,18-19,37H,9-12,14-17H2,1-4H3,(H,40,41)(H,42,43)(H,44,45)(H,46,47);;1H2/q-3;+4;-1/b6-5?,7-5+,13-8?,20-6-,21-7?,24-8+,24-20?,25-21-,28-18-,28-25?,29-13-,30-18?,31-19-,32-19?;;. The molecule has 0 spiro atoms. The first-order valence-electron chi connectivity index (χ1n) is 15.2. The Labute approximate surface area is 295 Å². The van der Waals surface area contributed by atoms with Crippen LogP contribution in [0.15, 0.2) is 52.3 Å². The van der Waals surface area contributed by atoms with Crippen molar-refractivity contribution in [2.75, 3.05) is 0 Å². The molecule has 2 aromatic rings. The summed E-state index contributed by atoms with van der Waals surface area (Å²) in [4.78, 5) is 55.5. The predicted molar refractivity (Wildman–Crippen MR) is 183 cm³/mol. The molecule has 0 amide bonds. The van der Waals surface area contributed by atoms with E-state index in [9.17, 15) is 39.6 Å². The van der Waals surface area contributed by atoms with Crippen LogP contribution < -0.4 is 20.7 Å². The van der Waals surface area contributed by atoms with Gasteiger partial charge >= 0.3 is 40.9 Å². The first kappa shape index (κ1) is 42.2. The second-order valence-electron chi connectivity index (χ2n) is 11.5. The summed E-state index contributed by atoms with van der Waals surface area (Å²) in [6, 6.07) is 0. The molecule has 0 aliphatic carbocycles. The molecule has 0 saturated carbocycles. The van der Waals surface area contributed by atoms with Crippen molar-refractivity contribution in [3.63, 3.8) is 0 Å². The number of hydrogen-bond acceptors (Lipinski definition) is 4. The first-order chi connectivity index (χ1) is 22.2. The molecule has 49 heavy (non-hydrogen) atoms. The van der Waals surface area contributed by atoms with Gasteiger partial charge < -0.3 is 42.3 Å². The second kappa shape index (κ2) is 19.2. The van der Waals surface area contributed by atoms with Gasteiger partial charge in [-0.05, 0) is 70.1 Å². The van der Waals surface area contributed by atoms with Gasteiger partial charge in [-0.1, -0.05) is 70.4 Å². The number of aromatic nitrogens is 2. The van der Waals surface area contributed by atoms with Gasteiger partial charge in [0, 0.05) is 25.7 Å². The van der Waals surface area contributed by atoms with Crippen LogP contribution in [0, 0.1) is 13.8 Å². The quantitative estimate of drug-likeness (QED) is 0.203. The Morgan fingerprint density at radius 1 is 0.653 bits per heavy atom. The molecule has 0 radical (unpaired) electrons. The first-order valence-corrected chi connectivity index (χ1v) is 15.2. The number of carbonyl (C=O) groups is 4. The van der Waals surface area contributed by atoms with Crippen LogP contribution in [0.1, 0.15) is 86.0 Å². The molecule has 1 aliphatic rings. The maximum atomic E-state index is 11.5. The third-order valence-corrected chi connectivity index (χ3v) is 8.15. The fourth-order valence-corrected chi connectivity index (χ4v) is 5.40. The number of aliphatic carboxylic acids is 4. The molecule has 0 saturated heterocycles. The molecule has 0 aromatic carbocycles. The monoisotopic (exact) mass is 714 g/mol. The summed E-state index contributed by atoms with van der Waals surface area (Å²) >= 11 is 0. The Hall–Kier alpha value is -4.84. The third-order valence-electron chi connectivity index (χ3n) is 8.15. The summed E-state index contributed by atoms with van der Waals surface area (Å²) in [6.07, 6.45) is 12.3. The van der Waals surface area contributed by atoms with E-state index in [1.54, 1.807) is 50.3 Å². The average molecular weight is 715 g/mol. The maximum absolute atomic E-state index is 11.5. The molecule has 0 fully saturated rings. The van der Waals surface area contributed by atoms with Gasteiger partial charge in [-0.2, -0.15) is 0 Å². The van der Waals surface area contributed by atoms with Crippen molar-refractivity contribution in [2.24, 2.45) is 0 Å². The van der Waals surface area contributed by atoms with Gasteiger partial charge in [0.25, 0.3) is 0 Å². The molecule has 7 N–H and O–H groups in total. The van der Waals surface area contributed by atoms with E-state index in [0.717, 1.165) is 22.3 Å². The van der Waals surface area contributed by atoms with Gasteiger partial charge in [-0.25, -0.2) is 0 Å². The Morgan fingerprint density at radius 2 is 1.20 bits per heavy atom. The van der Waals surface area contributed by atoms with E-state index >= 15 is 0 Å². The number of nitrogens with two attached hydrogens (primary N) is 1. The Balaban J connectivity index is 0.00000600. The number of rotatable bonds is 12. The largest absolute Gasteiger partial charge is 4.00 e. The van der Waals surface area contributed by atoms with Crippen molar-refractivity contribution in [3.8, 4) is 0 Å². The molecule has 1 aliphatic heterocycles. The summed E-state index contributed by atoms with van der Waals surface area (Å²) in [5, 5.41) is 38.7. The van der Waals surface area contributed by atoms with Crippen molar-refractivity contribution in [2.45, 2.75) is 79.1 Å². The summed E-state index contributed by atoms with van der Waals surface area (Å²) in [5.74, 6) is -3.90. The summed E-state index contributed by atoms with van der Waals surface area (Å²) < 4.78 is 0. The van der Waals surface area contributed by atoms with E-state index in [-0.39, 0.29) is 80.3 Å². The van der Waals surface area contributed by atoms with Crippen molar-refractivity contribution in [3.05, 3.63) is 109 Å². The van der Waals surface area contributed by atoms with Gasteiger partial charge in [-0.3, -0.25) is 19.2 Å². The molecule has 4 bridgehead atoms. The van der Waals surface area contributed by atoms with E-state index in [0.29, 0.717) is 44.4 Å². The molecular weight excluding hydrogens is 672 g/mol. The second-order valence-corrected chi connectivity index (χ2v) is 11.5. The molecule has 262 valence electrons.